The molecule has 0 spiro atoms. The van der Waals surface area contributed by atoms with Gasteiger partial charge in [0.05, 0.1) is 11.5 Å². The summed E-state index contributed by atoms with van der Waals surface area (Å²) in [6.45, 7) is 4.42. The number of sulfonamides is 1. The minimum atomic E-state index is -3.37. The number of halogens is 1. The van der Waals surface area contributed by atoms with Gasteiger partial charge < -0.3 is 15.0 Å². The van der Waals surface area contributed by atoms with Crippen LogP contribution in [0.2, 0.25) is 0 Å². The Labute approximate surface area is 192 Å². The molecule has 1 atom stereocenters. The highest BCUT2D eigenvalue weighted by atomic mass is 127. The predicted molar refractivity (Wildman–Crippen MR) is 126 cm³/mol. The van der Waals surface area contributed by atoms with Crippen molar-refractivity contribution in [3.63, 3.8) is 0 Å². The fourth-order valence-electron chi connectivity index (χ4n) is 3.80. The van der Waals surface area contributed by atoms with Crippen LogP contribution in [0.4, 0.5) is 0 Å². The lowest BCUT2D eigenvalue weighted by molar-refractivity contribution is 0.181. The third kappa shape index (κ3) is 6.53. The number of rotatable bonds is 6. The molecule has 2 aliphatic rings. The number of benzene rings is 1. The molecule has 1 aromatic carbocycles. The zero-order valence-electron chi connectivity index (χ0n) is 17.3. The van der Waals surface area contributed by atoms with Crippen molar-refractivity contribution in [2.45, 2.75) is 37.1 Å². The second-order valence-electron chi connectivity index (χ2n) is 7.62. The summed E-state index contributed by atoms with van der Waals surface area (Å²) in [5.74, 6) is 1.37. The summed E-state index contributed by atoms with van der Waals surface area (Å²) in [5, 5.41) is 3.36. The molecule has 0 saturated carbocycles. The Morgan fingerprint density at radius 1 is 1.24 bits per heavy atom. The fourth-order valence-corrected chi connectivity index (χ4v) is 5.32. The molecule has 0 aromatic heterocycles. The summed E-state index contributed by atoms with van der Waals surface area (Å²) in [4.78, 5) is 6.85. The predicted octanol–water partition coefficient (Wildman–Crippen LogP) is 2.52. The summed E-state index contributed by atoms with van der Waals surface area (Å²) in [7, 11) is 0.433. The normalized spacial score (nSPS) is 20.9. The van der Waals surface area contributed by atoms with Crippen LogP contribution in [-0.4, -0.2) is 70.5 Å². The van der Waals surface area contributed by atoms with E-state index in [2.05, 4.69) is 15.2 Å². The van der Waals surface area contributed by atoms with E-state index in [0.29, 0.717) is 30.4 Å². The average molecular weight is 536 g/mol. The quantitative estimate of drug-likeness (QED) is 0.344. The van der Waals surface area contributed by atoms with Crippen molar-refractivity contribution in [3.8, 4) is 0 Å². The van der Waals surface area contributed by atoms with E-state index in [0.717, 1.165) is 57.0 Å². The van der Waals surface area contributed by atoms with Crippen molar-refractivity contribution in [3.05, 3.63) is 29.8 Å². The van der Waals surface area contributed by atoms with Crippen LogP contribution in [0.5, 0.6) is 0 Å². The van der Waals surface area contributed by atoms with Crippen LogP contribution in [0, 0.1) is 5.92 Å². The number of aliphatic imine (C=N–C) groups is 1. The van der Waals surface area contributed by atoms with Crippen LogP contribution in [-0.2, 0) is 21.3 Å². The smallest absolute Gasteiger partial charge is 0.243 e. The summed E-state index contributed by atoms with van der Waals surface area (Å²) in [6, 6.07) is 7.18. The molecule has 9 heteroatoms. The highest BCUT2D eigenvalue weighted by Gasteiger charge is 2.25. The molecular formula is C20H33IN4O3S. The van der Waals surface area contributed by atoms with Gasteiger partial charge in [-0.15, -0.1) is 24.0 Å². The Morgan fingerprint density at radius 2 is 1.93 bits per heavy atom. The van der Waals surface area contributed by atoms with Crippen molar-refractivity contribution in [1.29, 1.82) is 0 Å². The molecule has 0 aliphatic carbocycles. The van der Waals surface area contributed by atoms with Gasteiger partial charge in [0, 0.05) is 52.8 Å². The van der Waals surface area contributed by atoms with Crippen LogP contribution in [0.1, 0.15) is 31.2 Å². The van der Waals surface area contributed by atoms with Crippen molar-refractivity contribution in [2.24, 2.45) is 10.9 Å². The fraction of sp³-hybridized carbons (Fsp3) is 0.650. The second-order valence-corrected chi connectivity index (χ2v) is 9.56. The Balaban J connectivity index is 0.00000300. The summed E-state index contributed by atoms with van der Waals surface area (Å²) in [5.41, 5.74) is 1.02. The molecule has 1 aromatic rings. The monoisotopic (exact) mass is 536 g/mol. The number of hydrogen-bond donors (Lipinski definition) is 1. The Kier molecular flexibility index (Phi) is 9.64. The molecule has 2 fully saturated rings. The number of ether oxygens (including phenoxy) is 1. The van der Waals surface area contributed by atoms with Gasteiger partial charge in [-0.05, 0) is 37.0 Å². The molecule has 2 heterocycles. The van der Waals surface area contributed by atoms with Crippen LogP contribution in [0.15, 0.2) is 34.2 Å². The van der Waals surface area contributed by atoms with Crippen molar-refractivity contribution < 1.29 is 13.2 Å². The number of guanidine groups is 1. The van der Waals surface area contributed by atoms with Crippen LogP contribution >= 0.6 is 24.0 Å². The first-order valence-corrected chi connectivity index (χ1v) is 11.5. The first kappa shape index (κ1) is 24.4. The lowest BCUT2D eigenvalue weighted by Gasteiger charge is -2.26. The zero-order chi connectivity index (χ0) is 20.0. The Bertz CT molecular complexity index is 758. The van der Waals surface area contributed by atoms with Gasteiger partial charge in [0.15, 0.2) is 5.96 Å². The molecule has 164 valence electrons. The van der Waals surface area contributed by atoms with Crippen molar-refractivity contribution >= 4 is 40.0 Å². The van der Waals surface area contributed by atoms with E-state index >= 15 is 0 Å². The van der Waals surface area contributed by atoms with Gasteiger partial charge in [-0.3, -0.25) is 4.99 Å². The molecule has 7 nitrogen and oxygen atoms in total. The van der Waals surface area contributed by atoms with Gasteiger partial charge in [-0.25, -0.2) is 8.42 Å². The van der Waals surface area contributed by atoms with E-state index in [9.17, 15) is 8.42 Å². The third-order valence-electron chi connectivity index (χ3n) is 5.46. The van der Waals surface area contributed by atoms with E-state index in [4.69, 9.17) is 4.74 Å². The maximum absolute atomic E-state index is 12.7. The maximum Gasteiger partial charge on any atom is 0.243 e. The third-order valence-corrected chi connectivity index (χ3v) is 7.37. The van der Waals surface area contributed by atoms with Crippen molar-refractivity contribution in [1.82, 2.24) is 14.5 Å². The van der Waals surface area contributed by atoms with Gasteiger partial charge in [0.25, 0.3) is 0 Å². The van der Waals surface area contributed by atoms with E-state index in [1.165, 1.54) is 0 Å². The molecule has 0 amide bonds. The number of hydrogen-bond acceptors (Lipinski definition) is 4. The summed E-state index contributed by atoms with van der Waals surface area (Å²) in [6.07, 6.45) is 4.09. The summed E-state index contributed by atoms with van der Waals surface area (Å²) >= 11 is 0. The first-order valence-electron chi connectivity index (χ1n) is 10.1. The lowest BCUT2D eigenvalue weighted by atomic mass is 10.1. The van der Waals surface area contributed by atoms with Crippen LogP contribution in [0.3, 0.4) is 0 Å². The van der Waals surface area contributed by atoms with Crippen LogP contribution in [0.25, 0.3) is 0 Å². The van der Waals surface area contributed by atoms with E-state index < -0.39 is 10.0 Å². The molecule has 2 saturated heterocycles. The molecule has 0 radical (unpaired) electrons. The minimum absolute atomic E-state index is 0. The van der Waals surface area contributed by atoms with Gasteiger partial charge >= 0.3 is 0 Å². The van der Waals surface area contributed by atoms with E-state index in [-0.39, 0.29) is 24.0 Å². The number of nitrogens with zero attached hydrogens (tertiary/aromatic N) is 3. The topological polar surface area (TPSA) is 74.2 Å². The minimum Gasteiger partial charge on any atom is -0.381 e. The Hall–Kier alpha value is -0.910. The molecule has 2 aliphatic heterocycles. The largest absolute Gasteiger partial charge is 0.381 e. The molecule has 1 unspecified atom stereocenters. The van der Waals surface area contributed by atoms with Gasteiger partial charge in [0.1, 0.15) is 0 Å². The van der Waals surface area contributed by atoms with Crippen molar-refractivity contribution in [2.75, 3.05) is 46.9 Å². The SMILES string of the molecule is CN=C(NCc1ccc(S(=O)(=O)N2CCCCC2)cc1)N(C)CC1CCOC1.I. The lowest BCUT2D eigenvalue weighted by Crippen LogP contribution is -2.41. The number of nitrogens with one attached hydrogen (secondary N) is 1. The molecule has 1 N–H and O–H groups in total. The molecule has 0 bridgehead atoms. The van der Waals surface area contributed by atoms with E-state index in [1.807, 2.05) is 19.2 Å². The molecule has 29 heavy (non-hydrogen) atoms. The van der Waals surface area contributed by atoms with Gasteiger partial charge in [0.2, 0.25) is 10.0 Å². The molecular weight excluding hydrogens is 503 g/mol. The standard InChI is InChI=1S/C20H32N4O3S.HI/c1-21-20(23(2)15-18-10-13-27-16-18)22-14-17-6-8-19(9-7-17)28(25,26)24-11-4-3-5-12-24;/h6-9,18H,3-5,10-16H2,1-2H3,(H,21,22);1H. The molecule has 3 rings (SSSR count). The highest BCUT2D eigenvalue weighted by Crippen LogP contribution is 2.21. The zero-order valence-corrected chi connectivity index (χ0v) is 20.5. The van der Waals surface area contributed by atoms with Crippen LogP contribution < -0.4 is 5.32 Å². The van der Waals surface area contributed by atoms with Gasteiger partial charge in [-0.1, -0.05) is 18.6 Å². The maximum atomic E-state index is 12.7. The average Bonchev–Trinajstić information content (AvgIpc) is 3.22. The summed E-state index contributed by atoms with van der Waals surface area (Å²) < 4.78 is 32.5. The van der Waals surface area contributed by atoms with E-state index in [1.54, 1.807) is 23.5 Å². The first-order chi connectivity index (χ1) is 13.5. The Morgan fingerprint density at radius 3 is 2.52 bits per heavy atom. The second kappa shape index (κ2) is 11.5. The number of piperidine rings is 1. The van der Waals surface area contributed by atoms with Gasteiger partial charge in [-0.2, -0.15) is 4.31 Å². The highest BCUT2D eigenvalue weighted by molar-refractivity contribution is 14.0.